The predicted octanol–water partition coefficient (Wildman–Crippen LogP) is -0.868. The van der Waals surface area contributed by atoms with Gasteiger partial charge in [-0.15, -0.1) is 0 Å². The molecule has 0 fully saturated rings. The smallest absolute Gasteiger partial charge is 0.245 e. The van der Waals surface area contributed by atoms with Gasteiger partial charge in [-0.3, -0.25) is 9.59 Å². The molecule has 0 unspecified atom stereocenters. The largest absolute Gasteiger partial charge is 0.366 e. The number of aromatic amines is 1. The molecule has 0 saturated heterocycles. The second-order valence-electron chi connectivity index (χ2n) is 3.81. The monoisotopic (exact) mass is 273 g/mol. The van der Waals surface area contributed by atoms with Gasteiger partial charge in [0.2, 0.25) is 21.4 Å². The second kappa shape index (κ2) is 5.78. The fourth-order valence-corrected chi connectivity index (χ4v) is 2.29. The molecule has 1 rings (SSSR count). The van der Waals surface area contributed by atoms with Crippen LogP contribution in [0.25, 0.3) is 0 Å². The molecule has 1 heterocycles. The molecule has 0 bridgehead atoms. The maximum Gasteiger partial charge on any atom is 0.245 e. The maximum absolute atomic E-state index is 11.7. The van der Waals surface area contributed by atoms with Crippen LogP contribution in [0, 0.1) is 0 Å². The van der Waals surface area contributed by atoms with E-state index in [-0.39, 0.29) is 23.8 Å². The third kappa shape index (κ3) is 3.67. The van der Waals surface area contributed by atoms with Gasteiger partial charge in [0, 0.05) is 45.5 Å². The summed E-state index contributed by atoms with van der Waals surface area (Å²) in [5.41, 5.74) is -0.597. The number of carbonyl (C=O) groups excluding carboxylic acids is 1. The Balaban J connectivity index is 2.70. The number of amides is 1. The van der Waals surface area contributed by atoms with E-state index in [1.807, 2.05) is 0 Å². The van der Waals surface area contributed by atoms with E-state index in [0.29, 0.717) is 0 Å². The van der Waals surface area contributed by atoms with Crippen LogP contribution in [0.5, 0.6) is 0 Å². The van der Waals surface area contributed by atoms with Crippen LogP contribution >= 0.6 is 0 Å². The molecule has 0 aliphatic rings. The van der Waals surface area contributed by atoms with Crippen LogP contribution in [-0.2, 0) is 14.8 Å². The third-order valence-electron chi connectivity index (χ3n) is 2.21. The Kier molecular flexibility index (Phi) is 4.62. The highest BCUT2D eigenvalue weighted by molar-refractivity contribution is 7.89. The van der Waals surface area contributed by atoms with Gasteiger partial charge in [-0.05, 0) is 0 Å². The molecule has 0 spiro atoms. The van der Waals surface area contributed by atoms with E-state index >= 15 is 0 Å². The lowest BCUT2D eigenvalue weighted by Gasteiger charge is -2.10. The average molecular weight is 273 g/mol. The van der Waals surface area contributed by atoms with E-state index in [2.05, 4.69) is 9.71 Å². The van der Waals surface area contributed by atoms with Crippen molar-refractivity contribution in [2.45, 2.75) is 11.3 Å². The van der Waals surface area contributed by atoms with Crippen LogP contribution in [0.3, 0.4) is 0 Å². The van der Waals surface area contributed by atoms with Gasteiger partial charge in [0.1, 0.15) is 4.90 Å². The summed E-state index contributed by atoms with van der Waals surface area (Å²) >= 11 is 0. The number of rotatable bonds is 5. The molecule has 0 saturated carbocycles. The van der Waals surface area contributed by atoms with E-state index in [4.69, 9.17) is 0 Å². The van der Waals surface area contributed by atoms with Gasteiger partial charge in [0.25, 0.3) is 0 Å². The zero-order chi connectivity index (χ0) is 13.8. The molecule has 1 aromatic heterocycles. The third-order valence-corrected chi connectivity index (χ3v) is 3.69. The molecule has 0 aliphatic carbocycles. The summed E-state index contributed by atoms with van der Waals surface area (Å²) < 4.78 is 25.7. The number of carbonyl (C=O) groups is 1. The minimum Gasteiger partial charge on any atom is -0.366 e. The molecule has 0 aromatic carbocycles. The molecular weight excluding hydrogens is 258 g/mol. The van der Waals surface area contributed by atoms with Crippen molar-refractivity contribution in [2.24, 2.45) is 0 Å². The van der Waals surface area contributed by atoms with Crippen molar-refractivity contribution in [3.05, 3.63) is 28.7 Å². The molecule has 8 heteroatoms. The van der Waals surface area contributed by atoms with Gasteiger partial charge in [-0.2, -0.15) is 0 Å². The summed E-state index contributed by atoms with van der Waals surface area (Å²) in [5, 5.41) is 0. The first kappa shape index (κ1) is 14.4. The minimum absolute atomic E-state index is 0.0387. The lowest BCUT2D eigenvalue weighted by molar-refractivity contribution is -0.128. The average Bonchev–Trinajstić information content (AvgIpc) is 2.28. The van der Waals surface area contributed by atoms with Gasteiger partial charge in [-0.1, -0.05) is 0 Å². The number of hydrogen-bond donors (Lipinski definition) is 2. The van der Waals surface area contributed by atoms with Gasteiger partial charge in [0.05, 0.1) is 0 Å². The summed E-state index contributed by atoms with van der Waals surface area (Å²) in [6, 6.07) is 1.12. The highest BCUT2D eigenvalue weighted by atomic mass is 32.2. The SMILES string of the molecule is CN(C)C(=O)CCNS(=O)(=O)c1c[nH]ccc1=O. The molecule has 2 N–H and O–H groups in total. The Morgan fingerprint density at radius 1 is 1.44 bits per heavy atom. The first-order valence-corrected chi connectivity index (χ1v) is 6.70. The van der Waals surface area contributed by atoms with Crippen LogP contribution in [0.4, 0.5) is 0 Å². The Bertz CT molecular complexity index is 577. The predicted molar refractivity (Wildman–Crippen MR) is 65.6 cm³/mol. The lowest BCUT2D eigenvalue weighted by Crippen LogP contribution is -2.32. The normalized spacial score (nSPS) is 11.2. The topological polar surface area (TPSA) is 99.3 Å². The highest BCUT2D eigenvalue weighted by Gasteiger charge is 2.17. The van der Waals surface area contributed by atoms with Crippen LogP contribution < -0.4 is 10.2 Å². The van der Waals surface area contributed by atoms with Gasteiger partial charge in [0.15, 0.2) is 0 Å². The van der Waals surface area contributed by atoms with Crippen LogP contribution in [0.2, 0.25) is 0 Å². The fraction of sp³-hybridized carbons (Fsp3) is 0.400. The molecular formula is C10H15N3O4S. The molecule has 0 aliphatic heterocycles. The van der Waals surface area contributed by atoms with E-state index in [1.165, 1.54) is 11.1 Å². The molecule has 7 nitrogen and oxygen atoms in total. The van der Waals surface area contributed by atoms with Crippen molar-refractivity contribution in [1.82, 2.24) is 14.6 Å². The number of hydrogen-bond acceptors (Lipinski definition) is 4. The van der Waals surface area contributed by atoms with E-state index in [1.54, 1.807) is 14.1 Å². The van der Waals surface area contributed by atoms with E-state index in [9.17, 15) is 18.0 Å². The van der Waals surface area contributed by atoms with Crippen molar-refractivity contribution in [3.63, 3.8) is 0 Å². The summed E-state index contributed by atoms with van der Waals surface area (Å²) in [5.74, 6) is -0.195. The maximum atomic E-state index is 11.7. The molecule has 0 atom stereocenters. The molecule has 100 valence electrons. The Hall–Kier alpha value is -1.67. The Labute approximate surface area is 105 Å². The number of pyridine rings is 1. The van der Waals surface area contributed by atoms with Crippen LogP contribution in [-0.4, -0.2) is 44.8 Å². The summed E-state index contributed by atoms with van der Waals surface area (Å²) in [7, 11) is -0.713. The van der Waals surface area contributed by atoms with Gasteiger partial charge < -0.3 is 9.88 Å². The zero-order valence-electron chi connectivity index (χ0n) is 10.1. The standard InChI is InChI=1S/C10H15N3O4S/c1-13(2)10(15)4-6-12-18(16,17)9-7-11-5-3-8(9)14/h3,5,7,12H,4,6H2,1-2H3,(H,11,14). The van der Waals surface area contributed by atoms with Gasteiger partial charge in [-0.25, -0.2) is 13.1 Å². The van der Waals surface area contributed by atoms with Crippen LogP contribution in [0.15, 0.2) is 28.2 Å². The zero-order valence-corrected chi connectivity index (χ0v) is 11.0. The van der Waals surface area contributed by atoms with Crippen molar-refractivity contribution < 1.29 is 13.2 Å². The molecule has 1 aromatic rings. The minimum atomic E-state index is -3.88. The first-order valence-electron chi connectivity index (χ1n) is 5.21. The Morgan fingerprint density at radius 2 is 2.11 bits per heavy atom. The summed E-state index contributed by atoms with van der Waals surface area (Å²) in [6.07, 6.45) is 2.49. The number of nitrogens with one attached hydrogen (secondary N) is 2. The van der Waals surface area contributed by atoms with E-state index in [0.717, 1.165) is 12.3 Å². The van der Waals surface area contributed by atoms with Crippen LogP contribution in [0.1, 0.15) is 6.42 Å². The summed E-state index contributed by atoms with van der Waals surface area (Å²) in [6.45, 7) is -0.0479. The number of aromatic nitrogens is 1. The van der Waals surface area contributed by atoms with Crippen molar-refractivity contribution in [3.8, 4) is 0 Å². The molecule has 18 heavy (non-hydrogen) atoms. The van der Waals surface area contributed by atoms with Crippen molar-refractivity contribution in [2.75, 3.05) is 20.6 Å². The van der Waals surface area contributed by atoms with Crippen molar-refractivity contribution in [1.29, 1.82) is 0 Å². The van der Waals surface area contributed by atoms with Crippen molar-refractivity contribution >= 4 is 15.9 Å². The number of sulfonamides is 1. The summed E-state index contributed by atoms with van der Waals surface area (Å²) in [4.78, 5) is 26.1. The fourth-order valence-electron chi connectivity index (χ4n) is 1.20. The van der Waals surface area contributed by atoms with E-state index < -0.39 is 15.5 Å². The number of nitrogens with zero attached hydrogens (tertiary/aromatic N) is 1. The molecule has 0 radical (unpaired) electrons. The second-order valence-corrected chi connectivity index (χ2v) is 5.54. The number of H-pyrrole nitrogens is 1. The lowest BCUT2D eigenvalue weighted by atomic mass is 10.4. The Morgan fingerprint density at radius 3 is 2.67 bits per heavy atom. The highest BCUT2D eigenvalue weighted by Crippen LogP contribution is 1.99. The molecule has 1 amide bonds. The quantitative estimate of drug-likeness (QED) is 0.728. The van der Waals surface area contributed by atoms with Gasteiger partial charge >= 0.3 is 0 Å². The first-order chi connectivity index (χ1) is 8.34.